The predicted molar refractivity (Wildman–Crippen MR) is 53.9 cm³/mol. The summed E-state index contributed by atoms with van der Waals surface area (Å²) in [5.41, 5.74) is 1.68. The molecule has 0 aliphatic rings. The third-order valence-corrected chi connectivity index (χ3v) is 3.25. The Morgan fingerprint density at radius 1 is 1.40 bits per heavy atom. The van der Waals surface area contributed by atoms with E-state index in [-0.39, 0.29) is 35.1 Å². The summed E-state index contributed by atoms with van der Waals surface area (Å²) in [4.78, 5) is 15.4. The normalized spacial score (nSPS) is 14.6. The number of fused-ring (bicyclic) bond motifs is 1. The van der Waals surface area contributed by atoms with E-state index in [1.54, 1.807) is 17.7 Å². The number of hydrogen-bond acceptors (Lipinski definition) is 3. The second-order valence-electron chi connectivity index (χ2n) is 3.31. The van der Waals surface area contributed by atoms with Crippen molar-refractivity contribution in [3.8, 4) is 0 Å². The first-order valence-electron chi connectivity index (χ1n) is 4.20. The van der Waals surface area contributed by atoms with Crippen LogP contribution in [0.5, 0.6) is 0 Å². The van der Waals surface area contributed by atoms with E-state index >= 15 is 0 Å². The molecule has 0 spiro atoms. The van der Waals surface area contributed by atoms with Gasteiger partial charge in [-0.15, -0.1) is 0 Å². The molecule has 74 valence electrons. The van der Waals surface area contributed by atoms with Crippen molar-refractivity contribution in [2.45, 2.75) is 0 Å². The number of imidazole rings is 1. The van der Waals surface area contributed by atoms with Crippen LogP contribution in [0.25, 0.3) is 11.0 Å². The van der Waals surface area contributed by atoms with Crippen LogP contribution in [0.15, 0.2) is 24.3 Å². The third-order valence-electron chi connectivity index (χ3n) is 2.13. The van der Waals surface area contributed by atoms with E-state index < -0.39 is 7.37 Å². The molecule has 0 aliphatic carbocycles. The number of nitrogens with zero attached hydrogens (tertiary/aromatic N) is 2. The fourth-order valence-electron chi connectivity index (χ4n) is 1.50. The van der Waals surface area contributed by atoms with Gasteiger partial charge in [-0.1, -0.05) is 12.1 Å². The molecule has 6 heteroatoms. The molecule has 2 rings (SSSR count). The molecule has 0 fully saturated rings. The van der Waals surface area contributed by atoms with Gasteiger partial charge < -0.3 is 14.0 Å². The molecule has 15 heavy (non-hydrogen) atoms. The molecule has 1 atom stereocenters. The third kappa shape index (κ3) is 2.35. The Morgan fingerprint density at radius 3 is 2.53 bits per heavy atom. The second-order valence-corrected chi connectivity index (χ2v) is 5.40. The molecular formula is C9H10N2NaO2P. The number of aryl methyl sites for hydroxylation is 1. The Kier molecular flexibility index (Phi) is 3.80. The van der Waals surface area contributed by atoms with Crippen molar-refractivity contribution in [3.05, 3.63) is 24.3 Å². The number of aromatic nitrogens is 2. The molecule has 2 aromatic rings. The van der Waals surface area contributed by atoms with E-state index in [1.807, 2.05) is 18.2 Å². The van der Waals surface area contributed by atoms with E-state index in [9.17, 15) is 9.46 Å². The molecule has 0 saturated heterocycles. The average molecular weight is 232 g/mol. The maximum atomic E-state index is 11.4. The fourth-order valence-corrected chi connectivity index (χ4v) is 2.44. The van der Waals surface area contributed by atoms with Gasteiger partial charge in [0.2, 0.25) is 0 Å². The zero-order chi connectivity index (χ0) is 10.3. The van der Waals surface area contributed by atoms with Crippen LogP contribution >= 0.6 is 7.37 Å². The smallest absolute Gasteiger partial charge is 0.794 e. The summed E-state index contributed by atoms with van der Waals surface area (Å²) < 4.78 is 13.0. The van der Waals surface area contributed by atoms with Gasteiger partial charge in [0.25, 0.3) is 0 Å². The van der Waals surface area contributed by atoms with Crippen LogP contribution in [-0.4, -0.2) is 16.2 Å². The van der Waals surface area contributed by atoms with Crippen LogP contribution in [0.1, 0.15) is 0 Å². The minimum Gasteiger partial charge on any atom is -0.794 e. The molecular weight excluding hydrogens is 222 g/mol. The number of para-hydroxylation sites is 2. The van der Waals surface area contributed by atoms with E-state index in [2.05, 4.69) is 4.98 Å². The van der Waals surface area contributed by atoms with Crippen LogP contribution in [0, 0.1) is 0 Å². The summed E-state index contributed by atoms with van der Waals surface area (Å²) in [6, 6.07) is 7.35. The van der Waals surface area contributed by atoms with Crippen LogP contribution in [0.3, 0.4) is 0 Å². The van der Waals surface area contributed by atoms with Crippen LogP contribution in [-0.2, 0) is 11.6 Å². The first-order valence-corrected chi connectivity index (χ1v) is 6.28. The molecule has 0 radical (unpaired) electrons. The largest absolute Gasteiger partial charge is 1.00 e. The number of benzene rings is 1. The van der Waals surface area contributed by atoms with Crippen LogP contribution in [0.4, 0.5) is 0 Å². The van der Waals surface area contributed by atoms with Gasteiger partial charge in [0.1, 0.15) is 0 Å². The Bertz CT molecular complexity index is 532. The van der Waals surface area contributed by atoms with E-state index in [0.717, 1.165) is 5.52 Å². The first-order chi connectivity index (χ1) is 6.50. The van der Waals surface area contributed by atoms with Crippen molar-refractivity contribution >= 4 is 24.0 Å². The molecule has 1 heterocycles. The standard InChI is InChI=1S/C9H11N2O2P.Na/c1-11-8-6-4-3-5-7(8)10-9(11)14(2,12)13;/h3-6H,1-2H3,(H,12,13);/q;+1/p-1. The molecule has 1 unspecified atom stereocenters. The van der Waals surface area contributed by atoms with E-state index in [1.165, 1.54) is 6.66 Å². The summed E-state index contributed by atoms with van der Waals surface area (Å²) in [5.74, 6) is 0. The van der Waals surface area contributed by atoms with Gasteiger partial charge in [-0.2, -0.15) is 0 Å². The number of hydrogen-bond donors (Lipinski definition) is 0. The summed E-state index contributed by atoms with van der Waals surface area (Å²) in [6.07, 6.45) is 0. The summed E-state index contributed by atoms with van der Waals surface area (Å²) in [6.45, 7) is 1.19. The molecule has 0 bridgehead atoms. The Morgan fingerprint density at radius 2 is 2.00 bits per heavy atom. The molecule has 0 saturated carbocycles. The van der Waals surface area contributed by atoms with Crippen LogP contribution in [0.2, 0.25) is 0 Å². The average Bonchev–Trinajstić information content (AvgIpc) is 2.44. The van der Waals surface area contributed by atoms with Crippen molar-refractivity contribution in [2.24, 2.45) is 7.05 Å². The minimum atomic E-state index is -3.53. The van der Waals surface area contributed by atoms with Crippen molar-refractivity contribution in [1.82, 2.24) is 9.55 Å². The Balaban J connectivity index is 0.00000112. The van der Waals surface area contributed by atoms with Gasteiger partial charge in [0, 0.05) is 7.05 Å². The van der Waals surface area contributed by atoms with Gasteiger partial charge in [-0.05, 0) is 18.8 Å². The SMILES string of the molecule is Cn1c(P(C)(=O)[O-])nc2ccccc21.[Na+]. The van der Waals surface area contributed by atoms with Gasteiger partial charge in [0.15, 0.2) is 5.57 Å². The van der Waals surface area contributed by atoms with Crippen molar-refractivity contribution in [2.75, 3.05) is 6.66 Å². The van der Waals surface area contributed by atoms with E-state index in [0.29, 0.717) is 5.52 Å². The van der Waals surface area contributed by atoms with Crippen molar-refractivity contribution in [1.29, 1.82) is 0 Å². The predicted octanol–water partition coefficient (Wildman–Crippen LogP) is -2.53. The summed E-state index contributed by atoms with van der Waals surface area (Å²) >= 11 is 0. The monoisotopic (exact) mass is 232 g/mol. The molecule has 0 amide bonds. The minimum absolute atomic E-state index is 0. The van der Waals surface area contributed by atoms with Crippen molar-refractivity contribution < 1.29 is 39.0 Å². The molecule has 0 aliphatic heterocycles. The van der Waals surface area contributed by atoms with Gasteiger partial charge in [-0.3, -0.25) is 0 Å². The van der Waals surface area contributed by atoms with Gasteiger partial charge >= 0.3 is 29.6 Å². The van der Waals surface area contributed by atoms with Crippen LogP contribution < -0.4 is 40.0 Å². The molecule has 1 aromatic carbocycles. The second kappa shape index (κ2) is 4.40. The molecule has 0 N–H and O–H groups in total. The van der Waals surface area contributed by atoms with Crippen molar-refractivity contribution in [3.63, 3.8) is 0 Å². The zero-order valence-corrected chi connectivity index (χ0v) is 11.9. The maximum absolute atomic E-state index is 11.4. The maximum Gasteiger partial charge on any atom is 1.00 e. The topological polar surface area (TPSA) is 58.0 Å². The molecule has 1 aromatic heterocycles. The number of rotatable bonds is 1. The van der Waals surface area contributed by atoms with Gasteiger partial charge in [0.05, 0.1) is 18.4 Å². The fraction of sp³-hybridized carbons (Fsp3) is 0.222. The first kappa shape index (κ1) is 12.9. The quantitative estimate of drug-likeness (QED) is 0.402. The molecule has 4 nitrogen and oxygen atoms in total. The zero-order valence-electron chi connectivity index (χ0n) is 8.97. The summed E-state index contributed by atoms with van der Waals surface area (Å²) in [7, 11) is -1.82. The van der Waals surface area contributed by atoms with Gasteiger partial charge in [-0.25, -0.2) is 4.98 Å². The Hall–Kier alpha value is -0.120. The van der Waals surface area contributed by atoms with E-state index in [4.69, 9.17) is 0 Å². The summed E-state index contributed by atoms with van der Waals surface area (Å²) in [5, 5.41) is 0. The Labute approximate surface area is 110 Å².